The number of nitrogens with two attached hydrogens (primary N) is 1. The lowest BCUT2D eigenvalue weighted by molar-refractivity contribution is -0.139. The summed E-state index contributed by atoms with van der Waals surface area (Å²) in [6.45, 7) is 0. The van der Waals surface area contributed by atoms with Gasteiger partial charge in [-0.3, -0.25) is 0 Å². The van der Waals surface area contributed by atoms with Crippen molar-refractivity contribution in [2.75, 3.05) is 0 Å². The third-order valence-electron chi connectivity index (χ3n) is 1.56. The first-order valence-electron chi connectivity index (χ1n) is 3.52. The number of hydrogen-bond donors (Lipinski definition) is 1. The van der Waals surface area contributed by atoms with Gasteiger partial charge in [0.1, 0.15) is 0 Å². The minimum Gasteiger partial charge on any atom is -0.225 e. The second-order valence-electron chi connectivity index (χ2n) is 2.68. The summed E-state index contributed by atoms with van der Waals surface area (Å²) in [5.74, 6) is 0. The van der Waals surface area contributed by atoms with E-state index in [1.54, 1.807) is 22.6 Å². The van der Waals surface area contributed by atoms with Crippen LogP contribution in [0.5, 0.6) is 0 Å². The van der Waals surface area contributed by atoms with E-state index in [1.165, 1.54) is 0 Å². The van der Waals surface area contributed by atoms with Crippen molar-refractivity contribution in [3.63, 3.8) is 0 Å². The van der Waals surface area contributed by atoms with E-state index in [2.05, 4.69) is 0 Å². The first-order valence-corrected chi connectivity index (χ1v) is 6.14. The Hall–Kier alpha value is -0.350. The largest absolute Gasteiger partial charge is 0.417 e. The SMILES string of the molecule is NS(=O)(=O)c1cc(I)ccc1C(F)(F)F. The second kappa shape index (κ2) is 3.91. The summed E-state index contributed by atoms with van der Waals surface area (Å²) in [4.78, 5) is -0.901. The minimum absolute atomic E-state index is 0.365. The molecule has 0 saturated heterocycles. The van der Waals surface area contributed by atoms with Crippen LogP contribution in [-0.2, 0) is 16.2 Å². The zero-order valence-electron chi connectivity index (χ0n) is 7.05. The average molecular weight is 351 g/mol. The predicted octanol–water partition coefficient (Wildman–Crippen LogP) is 1.96. The Kier molecular flexibility index (Phi) is 3.31. The van der Waals surface area contributed by atoms with Crippen molar-refractivity contribution in [3.05, 3.63) is 27.3 Å². The molecular formula is C7H5F3INO2S. The van der Waals surface area contributed by atoms with Crippen LogP contribution in [0, 0.1) is 3.57 Å². The normalized spacial score (nSPS) is 12.9. The standard InChI is InChI=1S/C7H5F3INO2S/c8-7(9,10)5-2-1-4(11)3-6(5)15(12,13)14/h1-3H,(H2,12,13,14). The molecule has 0 bridgehead atoms. The van der Waals surface area contributed by atoms with Crippen molar-refractivity contribution in [3.8, 4) is 0 Å². The van der Waals surface area contributed by atoms with E-state index in [-0.39, 0.29) is 0 Å². The molecule has 8 heteroatoms. The first kappa shape index (κ1) is 12.7. The molecule has 0 aliphatic rings. The molecule has 0 radical (unpaired) electrons. The average Bonchev–Trinajstić information content (AvgIpc) is 2.00. The molecule has 0 spiro atoms. The summed E-state index contributed by atoms with van der Waals surface area (Å²) < 4.78 is 59.4. The van der Waals surface area contributed by atoms with Crippen molar-refractivity contribution >= 4 is 32.6 Å². The van der Waals surface area contributed by atoms with Crippen LogP contribution in [0.15, 0.2) is 23.1 Å². The Labute approximate surface area is 97.7 Å². The molecule has 3 nitrogen and oxygen atoms in total. The molecular weight excluding hydrogens is 346 g/mol. The van der Waals surface area contributed by atoms with Gasteiger partial charge in [0.2, 0.25) is 10.0 Å². The molecule has 15 heavy (non-hydrogen) atoms. The lowest BCUT2D eigenvalue weighted by Gasteiger charge is -2.11. The van der Waals surface area contributed by atoms with Gasteiger partial charge in [-0.25, -0.2) is 13.6 Å². The molecule has 1 aromatic rings. The zero-order valence-corrected chi connectivity index (χ0v) is 10.0. The van der Waals surface area contributed by atoms with Gasteiger partial charge in [0.05, 0.1) is 10.5 Å². The molecule has 0 aromatic heterocycles. The highest BCUT2D eigenvalue weighted by atomic mass is 127. The highest BCUT2D eigenvalue weighted by molar-refractivity contribution is 14.1. The summed E-state index contributed by atoms with van der Waals surface area (Å²) in [5.41, 5.74) is -1.24. The highest BCUT2D eigenvalue weighted by Crippen LogP contribution is 2.34. The molecule has 0 heterocycles. The van der Waals surface area contributed by atoms with Crippen LogP contribution in [0.25, 0.3) is 0 Å². The van der Waals surface area contributed by atoms with Gasteiger partial charge < -0.3 is 0 Å². The van der Waals surface area contributed by atoms with Gasteiger partial charge in [0, 0.05) is 3.57 Å². The lowest BCUT2D eigenvalue weighted by atomic mass is 10.2. The molecule has 0 aliphatic carbocycles. The molecule has 0 saturated carbocycles. The maximum atomic E-state index is 12.4. The number of halogens is 4. The van der Waals surface area contributed by atoms with Crippen molar-refractivity contribution in [1.82, 2.24) is 0 Å². The van der Waals surface area contributed by atoms with Crippen molar-refractivity contribution < 1.29 is 21.6 Å². The van der Waals surface area contributed by atoms with E-state index < -0.39 is 26.7 Å². The fraction of sp³-hybridized carbons (Fsp3) is 0.143. The Morgan fingerprint density at radius 2 is 1.80 bits per heavy atom. The van der Waals surface area contributed by atoms with Crippen LogP contribution < -0.4 is 5.14 Å². The Balaban J connectivity index is 3.55. The topological polar surface area (TPSA) is 60.2 Å². The molecule has 1 aromatic carbocycles. The number of sulfonamides is 1. The molecule has 2 N–H and O–H groups in total. The van der Waals surface area contributed by atoms with Crippen LogP contribution in [0.3, 0.4) is 0 Å². The molecule has 0 amide bonds. The van der Waals surface area contributed by atoms with Crippen molar-refractivity contribution in [1.29, 1.82) is 0 Å². The molecule has 1 rings (SSSR count). The molecule has 0 aliphatic heterocycles. The van der Waals surface area contributed by atoms with Gasteiger partial charge in [-0.2, -0.15) is 13.2 Å². The molecule has 0 unspecified atom stereocenters. The van der Waals surface area contributed by atoms with E-state index in [0.717, 1.165) is 12.1 Å². The van der Waals surface area contributed by atoms with E-state index in [1.807, 2.05) is 0 Å². The van der Waals surface area contributed by atoms with Crippen LogP contribution >= 0.6 is 22.6 Å². The third kappa shape index (κ3) is 3.05. The Bertz CT molecular complexity index is 483. The van der Waals surface area contributed by atoms with Gasteiger partial charge >= 0.3 is 6.18 Å². The predicted molar refractivity (Wildman–Crippen MR) is 55.5 cm³/mol. The maximum Gasteiger partial charge on any atom is 0.417 e. The van der Waals surface area contributed by atoms with Gasteiger partial charge in [-0.1, -0.05) is 0 Å². The number of hydrogen-bond acceptors (Lipinski definition) is 2. The van der Waals surface area contributed by atoms with Gasteiger partial charge in [0.15, 0.2) is 0 Å². The zero-order chi connectivity index (χ0) is 11.9. The fourth-order valence-electron chi connectivity index (χ4n) is 0.966. The van der Waals surface area contributed by atoms with Gasteiger partial charge in [-0.15, -0.1) is 0 Å². The van der Waals surface area contributed by atoms with Crippen molar-refractivity contribution in [2.45, 2.75) is 11.1 Å². The fourth-order valence-corrected chi connectivity index (χ4v) is 2.45. The van der Waals surface area contributed by atoms with Crippen molar-refractivity contribution in [2.24, 2.45) is 5.14 Å². The number of alkyl halides is 3. The maximum absolute atomic E-state index is 12.4. The molecule has 0 atom stereocenters. The van der Waals surface area contributed by atoms with Crippen LogP contribution in [-0.4, -0.2) is 8.42 Å². The summed E-state index contributed by atoms with van der Waals surface area (Å²) in [6.07, 6.45) is -4.73. The molecule has 84 valence electrons. The first-order chi connectivity index (χ1) is 6.62. The lowest BCUT2D eigenvalue weighted by Crippen LogP contribution is -2.19. The monoisotopic (exact) mass is 351 g/mol. The Morgan fingerprint density at radius 1 is 1.27 bits per heavy atom. The van der Waals surface area contributed by atoms with E-state index in [4.69, 9.17) is 5.14 Å². The third-order valence-corrected chi connectivity index (χ3v) is 3.18. The van der Waals surface area contributed by atoms with E-state index in [0.29, 0.717) is 9.64 Å². The summed E-state index contributed by atoms with van der Waals surface area (Å²) in [6, 6.07) is 2.75. The number of rotatable bonds is 1. The van der Waals surface area contributed by atoms with E-state index in [9.17, 15) is 21.6 Å². The van der Waals surface area contributed by atoms with Gasteiger partial charge in [-0.05, 0) is 40.8 Å². The quantitative estimate of drug-likeness (QED) is 0.787. The van der Waals surface area contributed by atoms with Gasteiger partial charge in [0.25, 0.3) is 0 Å². The number of primary sulfonamides is 1. The van der Waals surface area contributed by atoms with Crippen LogP contribution in [0.1, 0.15) is 5.56 Å². The highest BCUT2D eigenvalue weighted by Gasteiger charge is 2.36. The number of benzene rings is 1. The summed E-state index contributed by atoms with van der Waals surface area (Å²) in [5, 5.41) is 4.69. The summed E-state index contributed by atoms with van der Waals surface area (Å²) >= 11 is 1.70. The molecule has 0 fully saturated rings. The Morgan fingerprint density at radius 3 is 2.20 bits per heavy atom. The van der Waals surface area contributed by atoms with E-state index >= 15 is 0 Å². The summed E-state index contributed by atoms with van der Waals surface area (Å²) in [7, 11) is -4.36. The van der Waals surface area contributed by atoms with Crippen LogP contribution in [0.4, 0.5) is 13.2 Å². The smallest absolute Gasteiger partial charge is 0.225 e. The van der Waals surface area contributed by atoms with Crippen LogP contribution in [0.2, 0.25) is 0 Å². The second-order valence-corrected chi connectivity index (χ2v) is 5.46. The minimum atomic E-state index is -4.73.